The number of unbranched alkanes of at least 4 members (excludes halogenated alkanes) is 5. The van der Waals surface area contributed by atoms with Crippen LogP contribution >= 0.6 is 34.8 Å². The molecular formula is C20H39Cl3O2Si. The third-order valence-electron chi connectivity index (χ3n) is 5.20. The van der Waals surface area contributed by atoms with Gasteiger partial charge in [-0.15, -0.1) is 34.8 Å². The molecule has 0 fully saturated rings. The molecule has 0 saturated carbocycles. The van der Waals surface area contributed by atoms with Gasteiger partial charge < -0.3 is 9.53 Å². The molecule has 156 valence electrons. The van der Waals surface area contributed by atoms with Crippen LogP contribution in [0.15, 0.2) is 12.2 Å². The number of allylic oxidation sites excluding steroid dienone is 1. The highest BCUT2D eigenvalue weighted by molar-refractivity contribution is 6.74. The maximum absolute atomic E-state index is 9.98. The second-order valence-corrected chi connectivity index (χ2v) is 15.2. The van der Waals surface area contributed by atoms with Crippen LogP contribution in [-0.2, 0) is 4.43 Å². The first-order chi connectivity index (χ1) is 11.9. The second kappa shape index (κ2) is 13.1. The van der Waals surface area contributed by atoms with Crippen LogP contribution in [0.25, 0.3) is 0 Å². The normalized spacial score (nSPS) is 18.1. The minimum absolute atomic E-state index is 0.290. The molecule has 0 aromatic rings. The third kappa shape index (κ3) is 10.9. The van der Waals surface area contributed by atoms with Gasteiger partial charge in [0.05, 0.1) is 16.9 Å². The first-order valence-corrected chi connectivity index (χ1v) is 14.0. The summed E-state index contributed by atoms with van der Waals surface area (Å²) in [5.41, 5.74) is 0. The Morgan fingerprint density at radius 3 is 2.08 bits per heavy atom. The van der Waals surface area contributed by atoms with Gasteiger partial charge >= 0.3 is 0 Å². The lowest BCUT2D eigenvalue weighted by Crippen LogP contribution is -2.40. The summed E-state index contributed by atoms with van der Waals surface area (Å²) >= 11 is 18.1. The summed E-state index contributed by atoms with van der Waals surface area (Å²) in [5.74, 6) is 0. The van der Waals surface area contributed by atoms with Crippen molar-refractivity contribution in [3.63, 3.8) is 0 Å². The Hall–Kier alpha value is 0.747. The van der Waals surface area contributed by atoms with Crippen LogP contribution in [0.2, 0.25) is 18.1 Å². The molecule has 26 heavy (non-hydrogen) atoms. The van der Waals surface area contributed by atoms with Gasteiger partial charge in [0.1, 0.15) is 0 Å². The number of hydrogen-bond donors (Lipinski definition) is 1. The summed E-state index contributed by atoms with van der Waals surface area (Å²) in [6, 6.07) is 0. The Kier molecular flexibility index (Phi) is 13.4. The van der Waals surface area contributed by atoms with Crippen molar-refractivity contribution < 1.29 is 9.53 Å². The van der Waals surface area contributed by atoms with Crippen molar-refractivity contribution in [1.29, 1.82) is 0 Å². The lowest BCUT2D eigenvalue weighted by Gasteiger charge is -2.36. The van der Waals surface area contributed by atoms with Crippen LogP contribution in [0, 0.1) is 0 Å². The molecule has 0 rings (SSSR count). The Morgan fingerprint density at radius 2 is 1.54 bits per heavy atom. The van der Waals surface area contributed by atoms with Crippen LogP contribution in [0.1, 0.15) is 66.2 Å². The highest BCUT2D eigenvalue weighted by Crippen LogP contribution is 2.36. The molecule has 0 radical (unpaired) electrons. The summed E-state index contributed by atoms with van der Waals surface area (Å²) in [5, 5.41) is 8.91. The molecule has 0 aromatic heterocycles. The first kappa shape index (κ1) is 26.7. The Morgan fingerprint density at radius 1 is 1.00 bits per heavy atom. The van der Waals surface area contributed by atoms with E-state index >= 15 is 0 Å². The van der Waals surface area contributed by atoms with Gasteiger partial charge in [0.2, 0.25) is 0 Å². The van der Waals surface area contributed by atoms with Crippen molar-refractivity contribution in [1.82, 2.24) is 0 Å². The van der Waals surface area contributed by atoms with Gasteiger partial charge in [-0.1, -0.05) is 52.2 Å². The monoisotopic (exact) mass is 444 g/mol. The van der Waals surface area contributed by atoms with E-state index in [9.17, 15) is 5.11 Å². The van der Waals surface area contributed by atoms with Gasteiger partial charge in [-0.2, -0.15) is 0 Å². The molecule has 0 amide bonds. The molecule has 6 heteroatoms. The van der Waals surface area contributed by atoms with Crippen molar-refractivity contribution in [3.05, 3.63) is 12.2 Å². The lowest BCUT2D eigenvalue weighted by molar-refractivity contribution is 0.174. The molecule has 0 saturated heterocycles. The fourth-order valence-electron chi connectivity index (χ4n) is 2.23. The average molecular weight is 446 g/mol. The molecule has 4 atom stereocenters. The molecule has 0 aliphatic carbocycles. The van der Waals surface area contributed by atoms with Crippen molar-refractivity contribution in [3.8, 4) is 0 Å². The molecule has 0 aliphatic rings. The smallest absolute Gasteiger partial charge is 0.191 e. The summed E-state index contributed by atoms with van der Waals surface area (Å²) in [7, 11) is -1.59. The van der Waals surface area contributed by atoms with Crippen molar-refractivity contribution >= 4 is 43.1 Å². The highest BCUT2D eigenvalue weighted by Gasteiger charge is 2.36. The Labute approximate surface area is 177 Å². The predicted molar refractivity (Wildman–Crippen MR) is 121 cm³/mol. The molecule has 0 aliphatic heterocycles. The fraction of sp³-hybridized carbons (Fsp3) is 0.900. The average Bonchev–Trinajstić information content (AvgIpc) is 2.53. The van der Waals surface area contributed by atoms with Gasteiger partial charge in [0, 0.05) is 12.0 Å². The highest BCUT2D eigenvalue weighted by atomic mass is 35.5. The third-order valence-corrected chi connectivity index (χ3v) is 11.2. The topological polar surface area (TPSA) is 29.5 Å². The molecule has 0 heterocycles. The van der Waals surface area contributed by atoms with Crippen LogP contribution in [0.5, 0.6) is 0 Å². The van der Waals surface area contributed by atoms with Gasteiger partial charge in [0.15, 0.2) is 8.32 Å². The maximum Gasteiger partial charge on any atom is 0.191 e. The van der Waals surface area contributed by atoms with E-state index in [0.29, 0.717) is 5.04 Å². The van der Waals surface area contributed by atoms with E-state index in [1.54, 1.807) is 6.92 Å². The zero-order valence-electron chi connectivity index (χ0n) is 17.4. The summed E-state index contributed by atoms with van der Waals surface area (Å²) in [4.78, 5) is 0. The fourth-order valence-corrected chi connectivity index (χ4v) is 3.95. The lowest BCUT2D eigenvalue weighted by atomic mass is 10.1. The molecule has 1 N–H and O–H groups in total. The maximum atomic E-state index is 9.98. The molecule has 0 unspecified atom stereocenters. The van der Waals surface area contributed by atoms with Crippen LogP contribution < -0.4 is 0 Å². The molecular weight excluding hydrogens is 407 g/mol. The van der Waals surface area contributed by atoms with Crippen LogP contribution in [-0.4, -0.2) is 42.3 Å². The second-order valence-electron chi connectivity index (χ2n) is 8.65. The Bertz CT molecular complexity index is 395. The number of aliphatic hydroxyl groups excluding tert-OH is 1. The zero-order chi connectivity index (χ0) is 20.4. The van der Waals surface area contributed by atoms with E-state index < -0.39 is 25.2 Å². The number of aliphatic hydroxyl groups is 1. The van der Waals surface area contributed by atoms with Gasteiger partial charge in [0.25, 0.3) is 0 Å². The molecule has 0 spiro atoms. The quantitative estimate of drug-likeness (QED) is 0.142. The van der Waals surface area contributed by atoms with E-state index in [-0.39, 0.29) is 5.38 Å². The summed E-state index contributed by atoms with van der Waals surface area (Å²) < 4.78 is 6.19. The largest absolute Gasteiger partial charge is 0.417 e. The van der Waals surface area contributed by atoms with Gasteiger partial charge in [-0.3, -0.25) is 0 Å². The molecule has 2 nitrogen and oxygen atoms in total. The van der Waals surface area contributed by atoms with E-state index in [0.717, 1.165) is 25.9 Å². The minimum atomic E-state index is -1.59. The standard InChI is InChI=1S/C20H39Cl3O2Si/c1-16(21)18(23)19(24)17(22)14-12-10-8-7-9-11-13-15-25-26(5,6)20(2,3)4/h12,14,16-19,24H,7-11,13,15H2,1-6H3/b14-12-/t16-,17-,18-,19+/m1/s1. The predicted octanol–water partition coefficient (Wildman–Crippen LogP) is 7.11. The van der Waals surface area contributed by atoms with E-state index in [2.05, 4.69) is 33.9 Å². The summed E-state index contributed by atoms with van der Waals surface area (Å²) in [6.07, 6.45) is 9.94. The first-order valence-electron chi connectivity index (χ1n) is 9.81. The number of halogens is 3. The number of rotatable bonds is 13. The Balaban J connectivity index is 3.74. The SMILES string of the molecule is C[C@@H](Cl)[C@@H](Cl)[C@@H](O)[C@H](Cl)/C=C\CCCCCCCO[Si](C)(C)C(C)(C)C. The molecule has 0 bridgehead atoms. The number of alkyl halides is 3. The van der Waals surface area contributed by atoms with Gasteiger partial charge in [-0.25, -0.2) is 0 Å². The summed E-state index contributed by atoms with van der Waals surface area (Å²) in [6.45, 7) is 14.1. The minimum Gasteiger partial charge on any atom is -0.417 e. The van der Waals surface area contributed by atoms with E-state index in [1.165, 1.54) is 19.3 Å². The molecule has 0 aromatic carbocycles. The van der Waals surface area contributed by atoms with Crippen molar-refractivity contribution in [2.75, 3.05) is 6.61 Å². The van der Waals surface area contributed by atoms with E-state index in [4.69, 9.17) is 39.2 Å². The number of hydrogen-bond acceptors (Lipinski definition) is 2. The van der Waals surface area contributed by atoms with Crippen molar-refractivity contribution in [2.24, 2.45) is 0 Å². The van der Waals surface area contributed by atoms with E-state index in [1.807, 2.05) is 12.2 Å². The van der Waals surface area contributed by atoms with Crippen LogP contribution in [0.4, 0.5) is 0 Å². The van der Waals surface area contributed by atoms with Crippen LogP contribution in [0.3, 0.4) is 0 Å². The van der Waals surface area contributed by atoms with Gasteiger partial charge in [-0.05, 0) is 44.3 Å². The zero-order valence-corrected chi connectivity index (χ0v) is 20.7. The van der Waals surface area contributed by atoms with Crippen molar-refractivity contribution in [2.45, 2.75) is 107 Å².